The maximum absolute atomic E-state index is 11.9. The Morgan fingerprint density at radius 3 is 2.76 bits per heavy atom. The number of H-pyrrole nitrogens is 1. The van der Waals surface area contributed by atoms with Gasteiger partial charge < -0.3 is 4.98 Å². The van der Waals surface area contributed by atoms with Crippen LogP contribution in [0.15, 0.2) is 16.2 Å². The van der Waals surface area contributed by atoms with Gasteiger partial charge in [0.2, 0.25) is 0 Å². The van der Waals surface area contributed by atoms with Crippen molar-refractivity contribution in [2.75, 3.05) is 0 Å². The molecule has 0 atom stereocenters. The Kier molecular flexibility index (Phi) is 2.40. The molecule has 0 amide bonds. The van der Waals surface area contributed by atoms with Gasteiger partial charge >= 0.3 is 0 Å². The molecule has 3 rings (SSSR count). The van der Waals surface area contributed by atoms with Crippen LogP contribution in [0.4, 0.5) is 0 Å². The number of rotatable bonds is 2. The van der Waals surface area contributed by atoms with Crippen molar-refractivity contribution < 1.29 is 0 Å². The summed E-state index contributed by atoms with van der Waals surface area (Å²) < 4.78 is 0. The van der Waals surface area contributed by atoms with Gasteiger partial charge in [-0.05, 0) is 43.7 Å². The van der Waals surface area contributed by atoms with Gasteiger partial charge in [-0.1, -0.05) is 0 Å². The van der Waals surface area contributed by atoms with Gasteiger partial charge in [0, 0.05) is 11.5 Å². The van der Waals surface area contributed by atoms with Crippen LogP contribution in [-0.4, -0.2) is 9.97 Å². The molecule has 1 saturated carbocycles. The number of aromatic nitrogens is 2. The Morgan fingerprint density at radius 1 is 1.41 bits per heavy atom. The van der Waals surface area contributed by atoms with Gasteiger partial charge in [0.1, 0.15) is 5.82 Å². The highest BCUT2D eigenvalue weighted by Gasteiger charge is 2.27. The summed E-state index contributed by atoms with van der Waals surface area (Å²) in [6.07, 6.45) is 2.30. The van der Waals surface area contributed by atoms with Crippen molar-refractivity contribution in [2.45, 2.75) is 32.6 Å². The Morgan fingerprint density at radius 2 is 2.18 bits per heavy atom. The summed E-state index contributed by atoms with van der Waals surface area (Å²) in [5.41, 5.74) is 2.78. The van der Waals surface area contributed by atoms with Crippen LogP contribution >= 0.6 is 11.3 Å². The summed E-state index contributed by atoms with van der Waals surface area (Å²) in [5.74, 6) is 1.34. The molecule has 0 radical (unpaired) electrons. The fourth-order valence-corrected chi connectivity index (χ4v) is 2.91. The third kappa shape index (κ3) is 1.82. The molecule has 0 aliphatic heterocycles. The minimum Gasteiger partial charge on any atom is -0.310 e. The maximum atomic E-state index is 11.9. The van der Waals surface area contributed by atoms with Crippen molar-refractivity contribution in [3.8, 4) is 10.6 Å². The zero-order valence-electron chi connectivity index (χ0n) is 9.91. The van der Waals surface area contributed by atoms with E-state index in [1.807, 2.05) is 12.3 Å². The fourth-order valence-electron chi connectivity index (χ4n) is 1.94. The number of thiophene rings is 1. The molecule has 88 valence electrons. The van der Waals surface area contributed by atoms with Crippen LogP contribution in [0.25, 0.3) is 10.6 Å². The Bertz CT molecular complexity index is 623. The van der Waals surface area contributed by atoms with Crippen LogP contribution in [-0.2, 0) is 0 Å². The molecule has 17 heavy (non-hydrogen) atoms. The van der Waals surface area contributed by atoms with Gasteiger partial charge in [0.25, 0.3) is 5.56 Å². The average Bonchev–Trinajstić information content (AvgIpc) is 3.06. The predicted octanol–water partition coefficient (Wildman–Crippen LogP) is 2.99. The molecule has 1 N–H and O–H groups in total. The van der Waals surface area contributed by atoms with E-state index in [1.165, 1.54) is 5.56 Å². The van der Waals surface area contributed by atoms with Gasteiger partial charge in [-0.3, -0.25) is 4.79 Å². The summed E-state index contributed by atoms with van der Waals surface area (Å²) in [4.78, 5) is 20.6. The molecule has 0 unspecified atom stereocenters. The van der Waals surface area contributed by atoms with Crippen molar-refractivity contribution in [1.29, 1.82) is 0 Å². The maximum Gasteiger partial charge on any atom is 0.254 e. The molecule has 2 aromatic rings. The third-order valence-electron chi connectivity index (χ3n) is 3.21. The first-order valence-corrected chi connectivity index (χ1v) is 6.70. The van der Waals surface area contributed by atoms with E-state index in [1.54, 1.807) is 11.3 Å². The van der Waals surface area contributed by atoms with Crippen molar-refractivity contribution in [2.24, 2.45) is 0 Å². The Hall–Kier alpha value is -1.42. The van der Waals surface area contributed by atoms with Crippen LogP contribution in [0.5, 0.6) is 0 Å². The molecule has 0 saturated heterocycles. The van der Waals surface area contributed by atoms with Crippen LogP contribution in [0.3, 0.4) is 0 Å². The molecule has 1 aliphatic carbocycles. The van der Waals surface area contributed by atoms with E-state index < -0.39 is 0 Å². The lowest BCUT2D eigenvalue weighted by Crippen LogP contribution is -2.15. The zero-order chi connectivity index (χ0) is 12.0. The van der Waals surface area contributed by atoms with Crippen molar-refractivity contribution in [1.82, 2.24) is 9.97 Å². The quantitative estimate of drug-likeness (QED) is 0.885. The highest BCUT2D eigenvalue weighted by molar-refractivity contribution is 7.13. The van der Waals surface area contributed by atoms with Crippen LogP contribution < -0.4 is 5.56 Å². The van der Waals surface area contributed by atoms with E-state index in [9.17, 15) is 4.79 Å². The molecule has 4 heteroatoms. The zero-order valence-corrected chi connectivity index (χ0v) is 10.7. The Balaban J connectivity index is 2.21. The number of nitrogens with one attached hydrogen (secondary N) is 1. The third-order valence-corrected chi connectivity index (χ3v) is 4.23. The van der Waals surface area contributed by atoms with E-state index in [2.05, 4.69) is 23.0 Å². The summed E-state index contributed by atoms with van der Waals surface area (Å²) >= 11 is 1.65. The highest BCUT2D eigenvalue weighted by atomic mass is 32.1. The number of aryl methyl sites for hydroxylation is 1. The number of aromatic amines is 1. The van der Waals surface area contributed by atoms with Crippen molar-refractivity contribution in [3.63, 3.8) is 0 Å². The molecule has 0 bridgehead atoms. The van der Waals surface area contributed by atoms with Gasteiger partial charge in [0.05, 0.1) is 10.6 Å². The topological polar surface area (TPSA) is 45.8 Å². The van der Waals surface area contributed by atoms with E-state index in [0.29, 0.717) is 5.92 Å². The molecule has 2 heterocycles. The molecule has 1 aliphatic rings. The summed E-state index contributed by atoms with van der Waals surface area (Å²) in [6, 6.07) is 2.07. The second kappa shape index (κ2) is 3.81. The van der Waals surface area contributed by atoms with Crippen LogP contribution in [0, 0.1) is 13.8 Å². The summed E-state index contributed by atoms with van der Waals surface area (Å²) in [5, 5.41) is 2.05. The fraction of sp³-hybridized carbons (Fsp3) is 0.385. The molecule has 0 spiro atoms. The van der Waals surface area contributed by atoms with Gasteiger partial charge in [0.15, 0.2) is 0 Å². The first-order chi connectivity index (χ1) is 8.16. The first-order valence-electron chi connectivity index (χ1n) is 5.82. The molecule has 0 aromatic carbocycles. The largest absolute Gasteiger partial charge is 0.310 e. The first kappa shape index (κ1) is 10.7. The average molecular weight is 246 g/mol. The number of nitrogens with zero attached hydrogens (tertiary/aromatic N) is 1. The summed E-state index contributed by atoms with van der Waals surface area (Å²) in [6.45, 7) is 3.90. The molecular weight excluding hydrogens is 232 g/mol. The van der Waals surface area contributed by atoms with Gasteiger partial charge in [-0.25, -0.2) is 4.98 Å². The monoisotopic (exact) mass is 246 g/mol. The van der Waals surface area contributed by atoms with Crippen molar-refractivity contribution in [3.05, 3.63) is 38.8 Å². The van der Waals surface area contributed by atoms with Gasteiger partial charge in [-0.2, -0.15) is 0 Å². The lowest BCUT2D eigenvalue weighted by Gasteiger charge is -2.06. The molecular formula is C13H14N2OS. The lowest BCUT2D eigenvalue weighted by atomic mass is 10.1. The standard InChI is InChI=1S/C13H14N2OS/c1-7-5-6-17-11(7)10-8(2)13(16)15-12(14-10)9-3-4-9/h5-6,9H,3-4H2,1-2H3,(H,14,15,16). The molecule has 3 nitrogen and oxygen atoms in total. The van der Waals surface area contributed by atoms with Crippen LogP contribution in [0.1, 0.15) is 35.7 Å². The normalized spacial score (nSPS) is 15.2. The van der Waals surface area contributed by atoms with Gasteiger partial charge in [-0.15, -0.1) is 11.3 Å². The van der Waals surface area contributed by atoms with E-state index in [-0.39, 0.29) is 5.56 Å². The number of hydrogen-bond donors (Lipinski definition) is 1. The Labute approximate surface area is 104 Å². The minimum atomic E-state index is 0.00435. The second-order valence-corrected chi connectivity index (χ2v) is 5.55. The smallest absolute Gasteiger partial charge is 0.254 e. The lowest BCUT2D eigenvalue weighted by molar-refractivity contribution is 0.901. The van der Waals surface area contributed by atoms with E-state index in [0.717, 1.165) is 34.8 Å². The van der Waals surface area contributed by atoms with Crippen molar-refractivity contribution >= 4 is 11.3 Å². The molecule has 1 fully saturated rings. The van der Waals surface area contributed by atoms with E-state index in [4.69, 9.17) is 0 Å². The summed E-state index contributed by atoms with van der Waals surface area (Å²) in [7, 11) is 0. The SMILES string of the molecule is Cc1ccsc1-c1nc(C2CC2)[nH]c(=O)c1C. The predicted molar refractivity (Wildman–Crippen MR) is 69.6 cm³/mol. The molecule has 2 aromatic heterocycles. The minimum absolute atomic E-state index is 0.00435. The van der Waals surface area contributed by atoms with Crippen LogP contribution in [0.2, 0.25) is 0 Å². The second-order valence-electron chi connectivity index (χ2n) is 4.63. The highest BCUT2D eigenvalue weighted by Crippen LogP contribution is 2.39. The number of hydrogen-bond acceptors (Lipinski definition) is 3. The van der Waals surface area contributed by atoms with E-state index >= 15 is 0 Å².